The molecule has 0 saturated carbocycles. The number of fused-ring (bicyclic) bond motifs is 3. The average Bonchev–Trinajstić information content (AvgIpc) is 4.02. The summed E-state index contributed by atoms with van der Waals surface area (Å²) in [5.41, 5.74) is 17.4. The minimum Gasteiger partial charge on any atom is -0.348 e. The van der Waals surface area contributed by atoms with Crippen LogP contribution in [0.2, 0.25) is 0 Å². The molecule has 1 heteroatoms. The van der Waals surface area contributed by atoms with Crippen molar-refractivity contribution in [2.75, 3.05) is 11.9 Å². The second kappa shape index (κ2) is 14.8. The van der Waals surface area contributed by atoms with E-state index in [1.54, 1.807) is 0 Å². The standard InChI is InChI=1S/C52H49N/c1-5-7-8-16-34-52(3,50-25-15-14-23-46(50)38-20-12-13-21-38)41-28-31-43(36-41)53(4)42-29-26-39(27-30-42)49-35-40-22-17-24-47(40)51-44(6-2)45(32-33-48(49)51)37-18-10-9-11-19-37/h5,7-8,10,12-35,38,40H,1,6,9,11,36H2,2-4H3/b8-7-,34-16?. The molecule has 0 radical (unpaired) electrons. The lowest BCUT2D eigenvalue weighted by Gasteiger charge is -2.33. The average molecular weight is 688 g/mol. The third kappa shape index (κ3) is 6.40. The molecule has 5 aliphatic carbocycles. The van der Waals surface area contributed by atoms with Crippen LogP contribution in [0.1, 0.15) is 78.0 Å². The van der Waals surface area contributed by atoms with Crippen molar-refractivity contribution in [3.8, 4) is 0 Å². The minimum atomic E-state index is -0.279. The van der Waals surface area contributed by atoms with Gasteiger partial charge in [-0.2, -0.15) is 0 Å². The van der Waals surface area contributed by atoms with Crippen LogP contribution in [0.15, 0.2) is 188 Å². The zero-order valence-electron chi connectivity index (χ0n) is 31.3. The zero-order chi connectivity index (χ0) is 36.4. The van der Waals surface area contributed by atoms with Crippen molar-refractivity contribution in [2.45, 2.75) is 50.9 Å². The highest BCUT2D eigenvalue weighted by Crippen LogP contribution is 2.48. The van der Waals surface area contributed by atoms with Gasteiger partial charge in [0.15, 0.2) is 0 Å². The summed E-state index contributed by atoms with van der Waals surface area (Å²) in [6.07, 6.45) is 44.6. The zero-order valence-corrected chi connectivity index (χ0v) is 31.3. The van der Waals surface area contributed by atoms with Gasteiger partial charge in [0.2, 0.25) is 0 Å². The summed E-state index contributed by atoms with van der Waals surface area (Å²) in [7, 11) is 2.21. The van der Waals surface area contributed by atoms with E-state index in [2.05, 4.69) is 190 Å². The number of rotatable bonds is 11. The van der Waals surface area contributed by atoms with Crippen molar-refractivity contribution < 1.29 is 0 Å². The molecule has 53 heavy (non-hydrogen) atoms. The van der Waals surface area contributed by atoms with E-state index in [0.29, 0.717) is 11.8 Å². The van der Waals surface area contributed by atoms with E-state index >= 15 is 0 Å². The Balaban J connectivity index is 1.07. The molecule has 0 saturated heterocycles. The molecule has 0 fully saturated rings. The van der Waals surface area contributed by atoms with Crippen LogP contribution in [0.4, 0.5) is 5.69 Å². The summed E-state index contributed by atoms with van der Waals surface area (Å²) in [6, 6.07) is 22.9. The maximum absolute atomic E-state index is 3.86. The normalized spacial score (nSPS) is 19.9. The molecule has 8 rings (SSSR count). The van der Waals surface area contributed by atoms with Crippen LogP contribution in [-0.4, -0.2) is 7.05 Å². The first kappa shape index (κ1) is 34.4. The van der Waals surface area contributed by atoms with Crippen molar-refractivity contribution in [3.63, 3.8) is 0 Å². The number of allylic oxidation sites excluding steroid dienone is 21. The topological polar surface area (TPSA) is 3.24 Å². The molecule has 0 amide bonds. The molecule has 2 unspecified atom stereocenters. The summed E-state index contributed by atoms with van der Waals surface area (Å²) >= 11 is 0. The molecule has 262 valence electrons. The highest BCUT2D eigenvalue weighted by atomic mass is 15.1. The van der Waals surface area contributed by atoms with Gasteiger partial charge in [-0.15, -0.1) is 0 Å². The van der Waals surface area contributed by atoms with Crippen molar-refractivity contribution in [1.82, 2.24) is 0 Å². The summed E-state index contributed by atoms with van der Waals surface area (Å²) in [5.74, 6) is 0.602. The van der Waals surface area contributed by atoms with E-state index in [0.717, 1.165) is 25.7 Å². The quantitative estimate of drug-likeness (QED) is 0.181. The highest BCUT2D eigenvalue weighted by molar-refractivity contribution is 5.97. The predicted octanol–water partition coefficient (Wildman–Crippen LogP) is 13.1. The Hall–Kier alpha value is -5.66. The van der Waals surface area contributed by atoms with E-state index < -0.39 is 0 Å². The molecule has 3 aromatic carbocycles. The molecule has 0 bridgehead atoms. The van der Waals surface area contributed by atoms with E-state index in [1.165, 1.54) is 72.6 Å². The van der Waals surface area contributed by atoms with Crippen molar-refractivity contribution in [2.24, 2.45) is 5.92 Å². The summed E-state index contributed by atoms with van der Waals surface area (Å²) in [4.78, 5) is 2.36. The van der Waals surface area contributed by atoms with Gasteiger partial charge < -0.3 is 4.90 Å². The Morgan fingerprint density at radius 2 is 1.62 bits per heavy atom. The van der Waals surface area contributed by atoms with Crippen molar-refractivity contribution in [3.05, 3.63) is 227 Å². The lowest BCUT2D eigenvalue weighted by Crippen LogP contribution is -2.25. The van der Waals surface area contributed by atoms with Crippen LogP contribution >= 0.6 is 0 Å². The number of hydrogen-bond acceptors (Lipinski definition) is 1. The third-order valence-electron chi connectivity index (χ3n) is 11.8. The Morgan fingerprint density at radius 3 is 2.40 bits per heavy atom. The van der Waals surface area contributed by atoms with Gasteiger partial charge in [0.05, 0.1) is 0 Å². The number of hydrogen-bond donors (Lipinski definition) is 0. The number of benzene rings is 3. The number of nitrogens with zero attached hydrogens (tertiary/aromatic N) is 1. The highest BCUT2D eigenvalue weighted by Gasteiger charge is 2.34. The molecule has 5 aliphatic rings. The minimum absolute atomic E-state index is 0.279. The molecule has 0 N–H and O–H groups in total. The molecular formula is C52H49N. The third-order valence-corrected chi connectivity index (χ3v) is 11.8. The van der Waals surface area contributed by atoms with Crippen LogP contribution in [0.3, 0.4) is 0 Å². The van der Waals surface area contributed by atoms with E-state index in [4.69, 9.17) is 0 Å². The van der Waals surface area contributed by atoms with Crippen LogP contribution in [0.5, 0.6) is 0 Å². The first-order chi connectivity index (χ1) is 26.0. The summed E-state index contributed by atoms with van der Waals surface area (Å²) in [5, 5.41) is 0. The Morgan fingerprint density at radius 1 is 0.830 bits per heavy atom. The predicted molar refractivity (Wildman–Crippen MR) is 229 cm³/mol. The van der Waals surface area contributed by atoms with Gasteiger partial charge in [-0.1, -0.05) is 171 Å². The second-order valence-electron chi connectivity index (χ2n) is 14.8. The van der Waals surface area contributed by atoms with E-state index in [1.807, 2.05) is 12.2 Å². The Bertz CT molecular complexity index is 2270. The van der Waals surface area contributed by atoms with Crippen LogP contribution in [-0.2, 0) is 11.8 Å². The molecule has 0 aromatic heterocycles. The van der Waals surface area contributed by atoms with E-state index in [-0.39, 0.29) is 5.41 Å². The smallest absolute Gasteiger partial charge is 0.0406 e. The molecule has 2 atom stereocenters. The van der Waals surface area contributed by atoms with Crippen molar-refractivity contribution in [1.29, 1.82) is 0 Å². The lowest BCUT2D eigenvalue weighted by molar-refractivity contribution is 0.672. The molecule has 3 aromatic rings. The van der Waals surface area contributed by atoms with E-state index in [9.17, 15) is 0 Å². The fourth-order valence-corrected chi connectivity index (χ4v) is 8.85. The van der Waals surface area contributed by atoms with Gasteiger partial charge in [0, 0.05) is 42.1 Å². The largest absolute Gasteiger partial charge is 0.348 e. The first-order valence-corrected chi connectivity index (χ1v) is 19.3. The van der Waals surface area contributed by atoms with Crippen LogP contribution < -0.4 is 4.90 Å². The molecular weight excluding hydrogens is 639 g/mol. The van der Waals surface area contributed by atoms with Gasteiger partial charge in [-0.25, -0.2) is 0 Å². The van der Waals surface area contributed by atoms with Gasteiger partial charge in [-0.05, 0) is 100 Å². The Kier molecular flexibility index (Phi) is 9.59. The Labute approximate surface area is 316 Å². The maximum atomic E-state index is 3.86. The maximum Gasteiger partial charge on any atom is 0.0406 e. The summed E-state index contributed by atoms with van der Waals surface area (Å²) < 4.78 is 0. The molecule has 0 aliphatic heterocycles. The first-order valence-electron chi connectivity index (χ1n) is 19.3. The fourth-order valence-electron chi connectivity index (χ4n) is 8.85. The molecule has 1 nitrogen and oxygen atoms in total. The van der Waals surface area contributed by atoms with Crippen molar-refractivity contribution >= 4 is 22.4 Å². The second-order valence-corrected chi connectivity index (χ2v) is 14.8. The van der Waals surface area contributed by atoms with Gasteiger partial charge in [-0.3, -0.25) is 0 Å². The van der Waals surface area contributed by atoms with Crippen LogP contribution in [0, 0.1) is 5.92 Å². The lowest BCUT2D eigenvalue weighted by atomic mass is 9.71. The SMILES string of the molecule is C=C/C=C\C=CC(C)(C1=CC=C(N(C)c2ccc(C3=CC4C=CC=C4c4c3ccc(C3=CCCC=C3)c4CC)cc2)C1)c1ccccc1C1C=CC=C1. The fraction of sp³-hybridized carbons (Fsp3) is 0.192. The van der Waals surface area contributed by atoms with Gasteiger partial charge in [0.25, 0.3) is 0 Å². The van der Waals surface area contributed by atoms with Gasteiger partial charge >= 0.3 is 0 Å². The van der Waals surface area contributed by atoms with Crippen LogP contribution in [0.25, 0.3) is 16.7 Å². The summed E-state index contributed by atoms with van der Waals surface area (Å²) in [6.45, 7) is 8.55. The van der Waals surface area contributed by atoms with Gasteiger partial charge in [0.1, 0.15) is 0 Å². The number of anilines is 1. The molecule has 0 heterocycles. The molecule has 0 spiro atoms. The monoisotopic (exact) mass is 687 g/mol.